The summed E-state index contributed by atoms with van der Waals surface area (Å²) in [4.78, 5) is 3.82. The minimum absolute atomic E-state index is 0.205. The van der Waals surface area contributed by atoms with Crippen LogP contribution < -0.4 is 0 Å². The third-order valence-electron chi connectivity index (χ3n) is 5.43. The fourth-order valence-corrected chi connectivity index (χ4v) is 4.14. The number of hydrogen-bond donors (Lipinski definition) is 0. The van der Waals surface area contributed by atoms with Gasteiger partial charge in [-0.2, -0.15) is 13.2 Å². The number of pyridine rings is 1. The van der Waals surface area contributed by atoms with E-state index in [-0.39, 0.29) is 10.3 Å². The molecule has 154 valence electrons. The highest BCUT2D eigenvalue weighted by molar-refractivity contribution is 7.90. The number of allylic oxidation sites excluding steroid dienone is 4. The lowest BCUT2D eigenvalue weighted by atomic mass is 9.84. The molecule has 29 heavy (non-hydrogen) atoms. The molecule has 2 aromatic rings. The zero-order valence-electron chi connectivity index (χ0n) is 16.4. The normalized spacial score (nSPS) is 16.5. The van der Waals surface area contributed by atoms with Crippen molar-refractivity contribution < 1.29 is 21.6 Å². The predicted octanol–water partition coefficient (Wildman–Crippen LogP) is 5.79. The summed E-state index contributed by atoms with van der Waals surface area (Å²) in [5, 5.41) is 0. The van der Waals surface area contributed by atoms with Gasteiger partial charge in [0.1, 0.15) is 5.69 Å². The molecule has 1 aliphatic carbocycles. The molecule has 0 aliphatic heterocycles. The standard InChI is InChI=1S/C22H22F3NO2S/c1-4-21(5-2)12-18(15-6-9-17(10-7-15)29(3,27)28)19(13-21)16-8-11-20(26-14-16)22(23,24)25/h6-14H,4-5H2,1-3H3. The van der Waals surface area contributed by atoms with Crippen LogP contribution in [0.5, 0.6) is 0 Å². The SMILES string of the molecule is CCC1(CC)C=C(c2ccc(S(C)(=O)=O)cc2)C(c2ccc(C(F)(F)F)nc2)=C1. The van der Waals surface area contributed by atoms with Crippen molar-refractivity contribution in [2.24, 2.45) is 5.41 Å². The van der Waals surface area contributed by atoms with Crippen LogP contribution in [0.25, 0.3) is 11.1 Å². The number of aromatic nitrogens is 1. The number of hydrogen-bond acceptors (Lipinski definition) is 3. The van der Waals surface area contributed by atoms with Gasteiger partial charge in [-0.1, -0.05) is 44.2 Å². The molecule has 0 saturated heterocycles. The average molecular weight is 421 g/mol. The van der Waals surface area contributed by atoms with Gasteiger partial charge in [-0.05, 0) is 47.8 Å². The number of sulfone groups is 1. The Morgan fingerprint density at radius 2 is 1.41 bits per heavy atom. The molecule has 0 unspecified atom stereocenters. The molecule has 0 amide bonds. The number of alkyl halides is 3. The predicted molar refractivity (Wildman–Crippen MR) is 108 cm³/mol. The van der Waals surface area contributed by atoms with Crippen LogP contribution in [0.1, 0.15) is 43.5 Å². The van der Waals surface area contributed by atoms with Gasteiger partial charge in [0.05, 0.1) is 4.90 Å². The van der Waals surface area contributed by atoms with Crippen molar-refractivity contribution in [3.63, 3.8) is 0 Å². The van der Waals surface area contributed by atoms with Gasteiger partial charge in [0.25, 0.3) is 0 Å². The molecular formula is C22H22F3NO2S. The lowest BCUT2D eigenvalue weighted by molar-refractivity contribution is -0.141. The van der Waals surface area contributed by atoms with Crippen molar-refractivity contribution in [1.29, 1.82) is 0 Å². The van der Waals surface area contributed by atoms with Crippen LogP contribution in [-0.4, -0.2) is 19.7 Å². The molecule has 0 atom stereocenters. The van der Waals surface area contributed by atoms with E-state index in [1.54, 1.807) is 24.3 Å². The Labute approximate surface area is 168 Å². The lowest BCUT2D eigenvalue weighted by Gasteiger charge is -2.20. The van der Waals surface area contributed by atoms with Crippen molar-refractivity contribution >= 4 is 21.0 Å². The molecule has 3 nitrogen and oxygen atoms in total. The average Bonchev–Trinajstić information content (AvgIpc) is 3.07. The lowest BCUT2D eigenvalue weighted by Crippen LogP contribution is -2.09. The Morgan fingerprint density at radius 3 is 1.83 bits per heavy atom. The quantitative estimate of drug-likeness (QED) is 0.614. The first kappa shape index (κ1) is 21.3. The van der Waals surface area contributed by atoms with Crippen LogP contribution >= 0.6 is 0 Å². The molecular weight excluding hydrogens is 399 g/mol. The Bertz CT molecular complexity index is 1060. The van der Waals surface area contributed by atoms with Crippen LogP contribution in [0.2, 0.25) is 0 Å². The van der Waals surface area contributed by atoms with E-state index < -0.39 is 21.7 Å². The highest BCUT2D eigenvalue weighted by atomic mass is 32.2. The molecule has 0 saturated carbocycles. The van der Waals surface area contributed by atoms with Crippen LogP contribution in [0.3, 0.4) is 0 Å². The number of halogens is 3. The molecule has 1 aliphatic rings. The first-order valence-corrected chi connectivity index (χ1v) is 11.2. The second kappa shape index (κ2) is 7.44. The number of rotatable bonds is 5. The van der Waals surface area contributed by atoms with E-state index in [9.17, 15) is 21.6 Å². The highest BCUT2D eigenvalue weighted by Gasteiger charge is 2.34. The maximum absolute atomic E-state index is 12.9. The molecule has 1 aromatic carbocycles. The van der Waals surface area contributed by atoms with E-state index >= 15 is 0 Å². The van der Waals surface area contributed by atoms with Crippen molar-refractivity contribution in [3.05, 3.63) is 71.6 Å². The highest BCUT2D eigenvalue weighted by Crippen LogP contribution is 2.47. The molecule has 7 heteroatoms. The largest absolute Gasteiger partial charge is 0.433 e. The van der Waals surface area contributed by atoms with Gasteiger partial charge in [0, 0.05) is 23.4 Å². The maximum atomic E-state index is 12.9. The first-order valence-electron chi connectivity index (χ1n) is 9.29. The van der Waals surface area contributed by atoms with Gasteiger partial charge in [0.2, 0.25) is 0 Å². The third kappa shape index (κ3) is 4.29. The Balaban J connectivity index is 2.08. The smallest absolute Gasteiger partial charge is 0.251 e. The van der Waals surface area contributed by atoms with E-state index in [2.05, 4.69) is 31.0 Å². The molecule has 1 aromatic heterocycles. The van der Waals surface area contributed by atoms with Gasteiger partial charge in [-0.25, -0.2) is 8.42 Å². The fourth-order valence-electron chi connectivity index (χ4n) is 3.51. The zero-order valence-corrected chi connectivity index (χ0v) is 17.2. The van der Waals surface area contributed by atoms with Crippen LogP contribution in [0.4, 0.5) is 13.2 Å². The van der Waals surface area contributed by atoms with Gasteiger partial charge in [0.15, 0.2) is 9.84 Å². The second-order valence-corrected chi connectivity index (χ2v) is 9.30. The van der Waals surface area contributed by atoms with Gasteiger partial charge in [-0.15, -0.1) is 0 Å². The minimum atomic E-state index is -4.49. The molecule has 0 radical (unpaired) electrons. The topological polar surface area (TPSA) is 47.0 Å². The fraction of sp³-hybridized carbons (Fsp3) is 0.318. The van der Waals surface area contributed by atoms with Gasteiger partial charge in [-0.3, -0.25) is 4.98 Å². The molecule has 0 bridgehead atoms. The summed E-state index contributed by atoms with van der Waals surface area (Å²) in [5.74, 6) is 0. The molecule has 0 fully saturated rings. The second-order valence-electron chi connectivity index (χ2n) is 7.28. The van der Waals surface area contributed by atoms with E-state index in [0.717, 1.165) is 41.9 Å². The summed E-state index contributed by atoms with van der Waals surface area (Å²) in [6.07, 6.45) is 3.79. The van der Waals surface area contributed by atoms with Crippen LogP contribution in [0.15, 0.2) is 59.6 Å². The summed E-state index contributed by atoms with van der Waals surface area (Å²) < 4.78 is 62.1. The monoisotopic (exact) mass is 421 g/mol. The Morgan fingerprint density at radius 1 is 0.897 bits per heavy atom. The Kier molecular flexibility index (Phi) is 5.47. The molecule has 1 heterocycles. The van der Waals surface area contributed by atoms with Crippen molar-refractivity contribution in [2.45, 2.75) is 37.8 Å². The maximum Gasteiger partial charge on any atom is 0.433 e. The van der Waals surface area contributed by atoms with Gasteiger partial charge < -0.3 is 0 Å². The Hall–Kier alpha value is -2.41. The van der Waals surface area contributed by atoms with E-state index in [4.69, 9.17) is 0 Å². The minimum Gasteiger partial charge on any atom is -0.251 e. The van der Waals surface area contributed by atoms with Crippen molar-refractivity contribution in [1.82, 2.24) is 4.98 Å². The summed E-state index contributed by atoms with van der Waals surface area (Å²) in [5.41, 5.74) is 1.95. The summed E-state index contributed by atoms with van der Waals surface area (Å²) in [6, 6.07) is 8.97. The van der Waals surface area contributed by atoms with E-state index in [0.29, 0.717) is 5.56 Å². The summed E-state index contributed by atoms with van der Waals surface area (Å²) in [7, 11) is -3.31. The van der Waals surface area contributed by atoms with Gasteiger partial charge >= 0.3 is 6.18 Å². The van der Waals surface area contributed by atoms with E-state index in [1.807, 2.05) is 0 Å². The third-order valence-corrected chi connectivity index (χ3v) is 6.56. The van der Waals surface area contributed by atoms with Crippen LogP contribution in [0, 0.1) is 5.41 Å². The van der Waals surface area contributed by atoms with Crippen molar-refractivity contribution in [2.75, 3.05) is 6.26 Å². The number of benzene rings is 1. The van der Waals surface area contributed by atoms with Crippen LogP contribution in [-0.2, 0) is 16.0 Å². The number of nitrogens with zero attached hydrogens (tertiary/aromatic N) is 1. The molecule has 0 N–H and O–H groups in total. The molecule has 0 spiro atoms. The zero-order chi connectivity index (χ0) is 21.4. The first-order chi connectivity index (χ1) is 13.5. The summed E-state index contributed by atoms with van der Waals surface area (Å²) in [6.45, 7) is 4.13. The van der Waals surface area contributed by atoms with Crippen molar-refractivity contribution in [3.8, 4) is 0 Å². The van der Waals surface area contributed by atoms with E-state index in [1.165, 1.54) is 12.3 Å². The summed E-state index contributed by atoms with van der Waals surface area (Å²) >= 11 is 0. The molecule has 3 rings (SSSR count).